The number of hydrogen-bond acceptors (Lipinski definition) is 6. The van der Waals surface area contributed by atoms with Crippen LogP contribution in [-0.2, 0) is 24.9 Å². The molecule has 1 fully saturated rings. The van der Waals surface area contributed by atoms with Crippen molar-refractivity contribution in [2.75, 3.05) is 11.9 Å². The molecule has 1 unspecified atom stereocenters. The zero-order chi connectivity index (χ0) is 26.9. The highest BCUT2D eigenvalue weighted by molar-refractivity contribution is 5.77. The molecule has 200 valence electrons. The van der Waals surface area contributed by atoms with Gasteiger partial charge in [-0.3, -0.25) is 4.79 Å². The minimum Gasteiger partial charge on any atom is -0.324 e. The molecule has 3 aliphatic rings. The largest absolute Gasteiger partial charge is 0.397 e. The Kier molecular flexibility index (Phi) is 5.25. The summed E-state index contributed by atoms with van der Waals surface area (Å²) in [5, 5.41) is 6.98. The van der Waals surface area contributed by atoms with Gasteiger partial charge in [0.05, 0.1) is 18.2 Å². The van der Waals surface area contributed by atoms with E-state index in [-0.39, 0.29) is 52.4 Å². The van der Waals surface area contributed by atoms with Gasteiger partial charge in [0.1, 0.15) is 5.39 Å². The summed E-state index contributed by atoms with van der Waals surface area (Å²) < 4.78 is 43.9. The van der Waals surface area contributed by atoms with E-state index in [1.807, 2.05) is 6.07 Å². The van der Waals surface area contributed by atoms with Crippen molar-refractivity contribution in [2.45, 2.75) is 56.3 Å². The Morgan fingerprint density at radius 2 is 2.03 bits per heavy atom. The molecule has 0 radical (unpaired) electrons. The Labute approximate surface area is 221 Å². The molecule has 1 aromatic carbocycles. The van der Waals surface area contributed by atoms with Crippen LogP contribution in [0.15, 0.2) is 54.0 Å². The minimum absolute atomic E-state index is 0.00274. The molecule has 8 nitrogen and oxygen atoms in total. The van der Waals surface area contributed by atoms with Gasteiger partial charge in [-0.2, -0.15) is 18.2 Å². The van der Waals surface area contributed by atoms with E-state index in [2.05, 4.69) is 44.3 Å². The number of anilines is 2. The molecular weight excluding hydrogens is 507 g/mol. The SMILES string of the molecule is C=CCn1c(=O)c2cnc(Nc3ccc4c(c3)CNCC43CC3)nc2n1-c1ccc2c(n1)C(C(F)(F)F)CC2. The summed E-state index contributed by atoms with van der Waals surface area (Å²) in [6.45, 7) is 5.65. The molecule has 1 saturated carbocycles. The Hall–Kier alpha value is -3.99. The molecule has 1 spiro atoms. The second-order valence-corrected chi connectivity index (χ2v) is 10.6. The van der Waals surface area contributed by atoms with Gasteiger partial charge in [-0.1, -0.05) is 18.2 Å². The second-order valence-electron chi connectivity index (χ2n) is 10.6. The average Bonchev–Trinajstić information content (AvgIpc) is 3.44. The molecule has 0 saturated heterocycles. The number of benzene rings is 1. The van der Waals surface area contributed by atoms with Crippen molar-refractivity contribution in [1.29, 1.82) is 0 Å². The van der Waals surface area contributed by atoms with E-state index in [0.717, 1.165) is 18.8 Å². The number of rotatable bonds is 5. The molecule has 39 heavy (non-hydrogen) atoms. The van der Waals surface area contributed by atoms with Crippen LogP contribution in [0.2, 0.25) is 0 Å². The van der Waals surface area contributed by atoms with Gasteiger partial charge >= 0.3 is 6.18 Å². The van der Waals surface area contributed by atoms with Gasteiger partial charge in [0, 0.05) is 30.4 Å². The summed E-state index contributed by atoms with van der Waals surface area (Å²) in [5.74, 6) is -1.17. The predicted molar refractivity (Wildman–Crippen MR) is 141 cm³/mol. The molecule has 0 bridgehead atoms. The fourth-order valence-corrected chi connectivity index (χ4v) is 6.08. The first-order valence-electron chi connectivity index (χ1n) is 13.0. The third kappa shape index (κ3) is 3.86. The molecule has 2 aliphatic carbocycles. The number of fused-ring (bicyclic) bond motifs is 4. The predicted octanol–water partition coefficient (Wildman–Crippen LogP) is 4.63. The summed E-state index contributed by atoms with van der Waals surface area (Å²) in [7, 11) is 0. The number of halogens is 3. The monoisotopic (exact) mass is 533 g/mol. The van der Waals surface area contributed by atoms with Crippen LogP contribution in [0.25, 0.3) is 16.9 Å². The standard InChI is InChI=1S/C28H26F3N7O/c1-2-11-37-25(39)19-14-33-26(34-18-5-7-20-17(12-18)13-32-15-27(20)9-10-27)36-24(19)38(37)22-8-4-16-3-6-21(23(16)35-22)28(29,30)31/h2,4-5,7-8,12,14,21,32H,1,3,6,9-11,13,15H2,(H,33,34,36). The lowest BCUT2D eigenvalue weighted by atomic mass is 9.88. The number of pyridine rings is 1. The maximum absolute atomic E-state index is 13.7. The fraction of sp³-hybridized carbons (Fsp3) is 0.357. The number of aryl methyl sites for hydroxylation is 1. The molecule has 7 rings (SSSR count). The highest BCUT2D eigenvalue weighted by atomic mass is 19.4. The van der Waals surface area contributed by atoms with Crippen molar-refractivity contribution >= 4 is 22.7 Å². The zero-order valence-electron chi connectivity index (χ0n) is 21.1. The van der Waals surface area contributed by atoms with Gasteiger partial charge in [-0.05, 0) is 60.6 Å². The third-order valence-electron chi connectivity index (χ3n) is 8.18. The van der Waals surface area contributed by atoms with Crippen LogP contribution in [0.3, 0.4) is 0 Å². The summed E-state index contributed by atoms with van der Waals surface area (Å²) in [6.07, 6.45) is 1.26. The quantitative estimate of drug-likeness (QED) is 0.364. The lowest BCUT2D eigenvalue weighted by molar-refractivity contribution is -0.150. The molecule has 3 aromatic heterocycles. The molecule has 2 N–H and O–H groups in total. The first-order valence-corrected chi connectivity index (χ1v) is 13.0. The van der Waals surface area contributed by atoms with Crippen LogP contribution in [0.5, 0.6) is 0 Å². The second kappa shape index (κ2) is 8.51. The highest BCUT2D eigenvalue weighted by Crippen LogP contribution is 2.50. The normalized spacial score (nSPS) is 19.2. The Morgan fingerprint density at radius 1 is 1.18 bits per heavy atom. The summed E-state index contributed by atoms with van der Waals surface area (Å²) in [6, 6.07) is 9.55. The van der Waals surface area contributed by atoms with Crippen LogP contribution in [0.4, 0.5) is 24.8 Å². The Morgan fingerprint density at radius 3 is 2.79 bits per heavy atom. The molecule has 4 aromatic rings. The summed E-state index contributed by atoms with van der Waals surface area (Å²) >= 11 is 0. The number of nitrogens with zero attached hydrogens (tertiary/aromatic N) is 5. The van der Waals surface area contributed by atoms with Crippen LogP contribution in [0, 0.1) is 0 Å². The van der Waals surface area contributed by atoms with Gasteiger partial charge in [0.15, 0.2) is 11.5 Å². The topological polar surface area (TPSA) is 89.7 Å². The minimum atomic E-state index is -4.39. The van der Waals surface area contributed by atoms with E-state index in [1.165, 1.54) is 39.5 Å². The molecule has 11 heteroatoms. The zero-order valence-corrected chi connectivity index (χ0v) is 21.1. The molecule has 1 atom stereocenters. The molecule has 1 aliphatic heterocycles. The van der Waals surface area contributed by atoms with Crippen molar-refractivity contribution in [3.05, 3.63) is 81.9 Å². The van der Waals surface area contributed by atoms with E-state index < -0.39 is 12.1 Å². The number of aromatic nitrogens is 5. The first kappa shape index (κ1) is 24.1. The van der Waals surface area contributed by atoms with Gasteiger partial charge in [0.2, 0.25) is 5.95 Å². The van der Waals surface area contributed by atoms with E-state index >= 15 is 0 Å². The van der Waals surface area contributed by atoms with E-state index in [9.17, 15) is 18.0 Å². The van der Waals surface area contributed by atoms with Gasteiger partial charge in [0.25, 0.3) is 5.56 Å². The Bertz CT molecular complexity index is 1700. The maximum Gasteiger partial charge on any atom is 0.397 e. The van der Waals surface area contributed by atoms with Crippen LogP contribution in [-0.4, -0.2) is 37.0 Å². The smallest absolute Gasteiger partial charge is 0.324 e. The van der Waals surface area contributed by atoms with E-state index in [4.69, 9.17) is 0 Å². The van der Waals surface area contributed by atoms with Crippen LogP contribution in [0.1, 0.15) is 47.6 Å². The van der Waals surface area contributed by atoms with Crippen LogP contribution >= 0.6 is 0 Å². The summed E-state index contributed by atoms with van der Waals surface area (Å²) in [4.78, 5) is 26.7. The fourth-order valence-electron chi connectivity index (χ4n) is 6.08. The van der Waals surface area contributed by atoms with E-state index in [0.29, 0.717) is 12.0 Å². The van der Waals surface area contributed by atoms with Gasteiger partial charge < -0.3 is 10.6 Å². The Balaban J connectivity index is 1.31. The number of nitrogens with one attached hydrogen (secondary N) is 2. The van der Waals surface area contributed by atoms with Crippen molar-refractivity contribution in [1.82, 2.24) is 29.6 Å². The van der Waals surface area contributed by atoms with Crippen LogP contribution < -0.4 is 16.2 Å². The first-order chi connectivity index (χ1) is 18.8. The highest BCUT2D eigenvalue weighted by Gasteiger charge is 2.47. The number of allylic oxidation sites excluding steroid dienone is 1. The number of hydrogen-bond donors (Lipinski definition) is 2. The van der Waals surface area contributed by atoms with Gasteiger partial charge in [-0.25, -0.2) is 19.3 Å². The summed E-state index contributed by atoms with van der Waals surface area (Å²) in [5.41, 5.74) is 4.16. The molecule has 4 heterocycles. The van der Waals surface area contributed by atoms with Gasteiger partial charge in [-0.15, -0.1) is 6.58 Å². The third-order valence-corrected chi connectivity index (χ3v) is 8.18. The van der Waals surface area contributed by atoms with E-state index in [1.54, 1.807) is 18.2 Å². The lowest BCUT2D eigenvalue weighted by Crippen LogP contribution is -2.33. The van der Waals surface area contributed by atoms with Crippen molar-refractivity contribution in [3.63, 3.8) is 0 Å². The van der Waals surface area contributed by atoms with Crippen molar-refractivity contribution in [3.8, 4) is 5.82 Å². The van der Waals surface area contributed by atoms with Crippen molar-refractivity contribution < 1.29 is 13.2 Å². The lowest BCUT2D eigenvalue weighted by Gasteiger charge is -2.26. The average molecular weight is 534 g/mol. The van der Waals surface area contributed by atoms with Crippen molar-refractivity contribution in [2.24, 2.45) is 0 Å². The molecular formula is C28H26F3N7O. The maximum atomic E-state index is 13.7. The number of alkyl halides is 3. The molecule has 0 amide bonds.